The predicted octanol–water partition coefficient (Wildman–Crippen LogP) is 4.64. The molecule has 29 heavy (non-hydrogen) atoms. The molecule has 4 rings (SSSR count). The maximum atomic E-state index is 8.63. The first kappa shape index (κ1) is 29.0. The predicted molar refractivity (Wildman–Crippen MR) is 109 cm³/mol. The molecule has 0 heterocycles. The average molecular weight is 477 g/mol. The van der Waals surface area contributed by atoms with Gasteiger partial charge in [-0.05, 0) is 12.2 Å². The molecule has 1 aliphatic rings. The van der Waals surface area contributed by atoms with Crippen LogP contribution in [-0.4, -0.2) is 20.4 Å². The van der Waals surface area contributed by atoms with E-state index in [1.165, 1.54) is 0 Å². The van der Waals surface area contributed by atoms with Gasteiger partial charge in [-0.15, -0.1) is 11.1 Å². The average Bonchev–Trinajstić information content (AvgIpc) is 3.49. The zero-order valence-electron chi connectivity index (χ0n) is 15.7. The Hall–Kier alpha value is -2.17. The molecule has 0 saturated carbocycles. The summed E-state index contributed by atoms with van der Waals surface area (Å²) in [6.45, 7) is 0.0335. The maximum absolute atomic E-state index is 8.63. The minimum Gasteiger partial charge on any atom is -0.481 e. The summed E-state index contributed by atoms with van der Waals surface area (Å²) in [4.78, 5) is 0. The van der Waals surface area contributed by atoms with Gasteiger partial charge in [0.15, 0.2) is 0 Å². The Kier molecular flexibility index (Phi) is 19.2. The van der Waals surface area contributed by atoms with E-state index in [4.69, 9.17) is 20.4 Å². The summed E-state index contributed by atoms with van der Waals surface area (Å²) in [6.07, 6.45) is 6.72. The van der Waals surface area contributed by atoms with Crippen LogP contribution in [0, 0.1) is 0 Å². The fourth-order valence-corrected chi connectivity index (χ4v) is 1.97. The van der Waals surface area contributed by atoms with E-state index < -0.39 is 5.95 Å². The minimum absolute atomic E-state index is 0. The van der Waals surface area contributed by atoms with Crippen LogP contribution < -0.4 is 0 Å². The smallest absolute Gasteiger partial charge is 0.481 e. The Labute approximate surface area is 193 Å². The molecule has 0 aromatic heterocycles. The molecule has 0 amide bonds. The fraction of sp³-hybridized carbons (Fsp3) is 0.0870. The van der Waals surface area contributed by atoms with Gasteiger partial charge in [0.25, 0.3) is 5.95 Å². The third kappa shape index (κ3) is 13.6. The molecule has 0 fully saturated rings. The Morgan fingerprint density at radius 2 is 1.31 bits per heavy atom. The molecule has 1 aliphatic carbocycles. The quantitative estimate of drug-likeness (QED) is 0.247. The number of aliphatic hydroxyl groups is 4. The summed E-state index contributed by atoms with van der Waals surface area (Å²) in [5.41, 5.74) is 2.10. The molecule has 3 aromatic carbocycles. The number of rotatable bonds is 2. The maximum Gasteiger partial charge on any atom is 2.00 e. The molecular formula is C23H25Fe2O4-. The Morgan fingerprint density at radius 3 is 1.55 bits per heavy atom. The summed E-state index contributed by atoms with van der Waals surface area (Å²) in [7, 11) is 0. The number of allylic oxidation sites excluding steroid dienone is 5. The van der Waals surface area contributed by atoms with Gasteiger partial charge in [0.2, 0.25) is 0 Å². The van der Waals surface area contributed by atoms with Crippen LogP contribution in [0.4, 0.5) is 0 Å². The molecule has 0 aliphatic heterocycles. The van der Waals surface area contributed by atoms with Crippen LogP contribution in [0.2, 0.25) is 0 Å². The molecule has 6 heteroatoms. The molecule has 0 radical (unpaired) electrons. The zero-order valence-corrected chi connectivity index (χ0v) is 17.9. The van der Waals surface area contributed by atoms with E-state index in [1.54, 1.807) is 36.4 Å². The second-order valence-electron chi connectivity index (χ2n) is 5.31. The van der Waals surface area contributed by atoms with Gasteiger partial charge in [-0.2, -0.15) is 42.5 Å². The Morgan fingerprint density at radius 1 is 0.828 bits per heavy atom. The largest absolute Gasteiger partial charge is 2.00 e. The SMILES string of the molecule is OC(O)=C1C=CC=C1.OCc1ccc[c-]1CO.[Fe+2].[Fe].c1cc[cH-]c1.c1cc[cH-]c1. The van der Waals surface area contributed by atoms with E-state index in [9.17, 15) is 0 Å². The van der Waals surface area contributed by atoms with Crippen LogP contribution in [0.1, 0.15) is 11.1 Å². The number of hydrogen-bond donors (Lipinski definition) is 4. The molecule has 0 spiro atoms. The van der Waals surface area contributed by atoms with Crippen molar-refractivity contribution in [3.05, 3.63) is 126 Å². The fourth-order valence-electron chi connectivity index (χ4n) is 1.97. The Bertz CT molecular complexity index is 686. The molecule has 3 aromatic rings. The molecular weight excluding hydrogens is 452 g/mol. The minimum atomic E-state index is -0.616. The van der Waals surface area contributed by atoms with Crippen molar-refractivity contribution in [1.82, 2.24) is 0 Å². The molecule has 0 bridgehead atoms. The van der Waals surface area contributed by atoms with Crippen molar-refractivity contribution < 1.29 is 54.6 Å². The van der Waals surface area contributed by atoms with Crippen LogP contribution >= 0.6 is 0 Å². The first-order valence-electron chi connectivity index (χ1n) is 8.44. The van der Waals surface area contributed by atoms with Crippen molar-refractivity contribution in [3.8, 4) is 0 Å². The van der Waals surface area contributed by atoms with Crippen LogP contribution in [0.15, 0.2) is 115 Å². The van der Waals surface area contributed by atoms with Crippen molar-refractivity contribution >= 4 is 0 Å². The molecule has 0 saturated heterocycles. The second-order valence-corrected chi connectivity index (χ2v) is 5.31. The van der Waals surface area contributed by atoms with Gasteiger partial charge in [0.1, 0.15) is 0 Å². The molecule has 0 atom stereocenters. The monoisotopic (exact) mass is 477 g/mol. The van der Waals surface area contributed by atoms with E-state index in [1.807, 2.05) is 66.7 Å². The van der Waals surface area contributed by atoms with E-state index in [0.29, 0.717) is 5.57 Å². The van der Waals surface area contributed by atoms with Crippen molar-refractivity contribution in [2.45, 2.75) is 13.2 Å². The Balaban J connectivity index is 0. The van der Waals surface area contributed by atoms with Crippen LogP contribution in [-0.2, 0) is 47.4 Å². The van der Waals surface area contributed by atoms with E-state index in [2.05, 4.69) is 0 Å². The second kappa shape index (κ2) is 19.2. The van der Waals surface area contributed by atoms with Crippen molar-refractivity contribution in [3.63, 3.8) is 0 Å². The van der Waals surface area contributed by atoms with Gasteiger partial charge < -0.3 is 20.4 Å². The van der Waals surface area contributed by atoms with Crippen molar-refractivity contribution in [2.75, 3.05) is 0 Å². The van der Waals surface area contributed by atoms with E-state index >= 15 is 0 Å². The summed E-state index contributed by atoms with van der Waals surface area (Å²) >= 11 is 0. The zero-order chi connectivity index (χ0) is 19.7. The third-order valence-electron chi connectivity index (χ3n) is 3.38. The summed E-state index contributed by atoms with van der Waals surface area (Å²) in [5.74, 6) is -0.616. The van der Waals surface area contributed by atoms with Gasteiger partial charge in [0.05, 0.1) is 5.57 Å². The van der Waals surface area contributed by atoms with Crippen LogP contribution in [0.3, 0.4) is 0 Å². The topological polar surface area (TPSA) is 80.9 Å². The van der Waals surface area contributed by atoms with Gasteiger partial charge >= 0.3 is 17.1 Å². The van der Waals surface area contributed by atoms with Gasteiger partial charge in [-0.3, -0.25) is 0 Å². The molecule has 4 nitrogen and oxygen atoms in total. The van der Waals surface area contributed by atoms with Gasteiger partial charge in [0, 0.05) is 30.3 Å². The molecule has 158 valence electrons. The molecule has 4 N–H and O–H groups in total. The van der Waals surface area contributed by atoms with E-state index in [-0.39, 0.29) is 47.4 Å². The first-order chi connectivity index (χ1) is 13.2. The number of aliphatic hydroxyl groups excluding tert-OH is 3. The summed E-state index contributed by atoms with van der Waals surface area (Å²) in [6, 6.07) is 25.4. The summed E-state index contributed by atoms with van der Waals surface area (Å²) < 4.78 is 0. The van der Waals surface area contributed by atoms with Gasteiger partial charge in [-0.25, -0.2) is 36.4 Å². The van der Waals surface area contributed by atoms with Crippen molar-refractivity contribution in [1.29, 1.82) is 0 Å². The molecule has 0 unspecified atom stereocenters. The normalized spacial score (nSPS) is 10.1. The van der Waals surface area contributed by atoms with E-state index in [0.717, 1.165) is 11.1 Å². The summed E-state index contributed by atoms with van der Waals surface area (Å²) in [5, 5.41) is 34.0. The van der Waals surface area contributed by atoms with Crippen LogP contribution in [0.25, 0.3) is 0 Å². The number of hydrogen-bond acceptors (Lipinski definition) is 4. The standard InChI is InChI=1S/C7H9O2.C6H6O2.2C5H5.2Fe/c8-4-6-2-1-3-7(6)5-9;7-6(8)5-3-1-2-4-5;2*1-2-4-5-3-1;;/h1-3,8-9H,4-5H2;1-4,7-8H;2*1-5H;;/q-1;;2*-1;;+2. The van der Waals surface area contributed by atoms with Crippen molar-refractivity contribution in [2.24, 2.45) is 0 Å². The van der Waals surface area contributed by atoms with Crippen LogP contribution in [0.5, 0.6) is 0 Å². The third-order valence-corrected chi connectivity index (χ3v) is 3.38. The first-order valence-corrected chi connectivity index (χ1v) is 8.44. The van der Waals surface area contributed by atoms with Gasteiger partial charge in [-0.1, -0.05) is 12.2 Å².